The molecule has 249 valence electrons. The number of aliphatic imine (C=N–C) groups is 1. The van der Waals surface area contributed by atoms with E-state index in [9.17, 15) is 5.26 Å². The van der Waals surface area contributed by atoms with Gasteiger partial charge in [-0.1, -0.05) is 6.08 Å². The molecule has 50 heavy (non-hydrogen) atoms. The summed E-state index contributed by atoms with van der Waals surface area (Å²) in [6.45, 7) is 8.94. The topological polar surface area (TPSA) is 89.2 Å². The van der Waals surface area contributed by atoms with Crippen LogP contribution in [0.2, 0.25) is 0 Å². The van der Waals surface area contributed by atoms with Crippen molar-refractivity contribution in [3.05, 3.63) is 120 Å². The van der Waals surface area contributed by atoms with Gasteiger partial charge in [-0.15, -0.1) is 6.58 Å². The van der Waals surface area contributed by atoms with Crippen LogP contribution in [0.25, 0.3) is 22.0 Å². The summed E-state index contributed by atoms with van der Waals surface area (Å²) in [5.41, 5.74) is 11.3. The molecule has 8 heteroatoms. The molecule has 1 saturated carbocycles. The Balaban J connectivity index is 1.00. The van der Waals surface area contributed by atoms with Crippen molar-refractivity contribution in [3.63, 3.8) is 0 Å². The van der Waals surface area contributed by atoms with Crippen molar-refractivity contribution in [2.45, 2.75) is 51.6 Å². The summed E-state index contributed by atoms with van der Waals surface area (Å²) >= 11 is 3.35. The van der Waals surface area contributed by atoms with E-state index >= 15 is 0 Å². The fourth-order valence-electron chi connectivity index (χ4n) is 7.37. The van der Waals surface area contributed by atoms with Gasteiger partial charge in [0, 0.05) is 0 Å². The molecule has 1 aliphatic carbocycles. The molecule has 2 aliphatic heterocycles. The van der Waals surface area contributed by atoms with E-state index in [2.05, 4.69) is 110 Å². The quantitative estimate of drug-likeness (QED) is 0.0792. The molecule has 8 rings (SSSR count). The van der Waals surface area contributed by atoms with Gasteiger partial charge in [0.15, 0.2) is 0 Å². The van der Waals surface area contributed by atoms with Gasteiger partial charge in [0.2, 0.25) is 0 Å². The largest absolute Gasteiger partial charge is 0.0432 e. The van der Waals surface area contributed by atoms with Crippen molar-refractivity contribution in [1.29, 1.82) is 5.26 Å². The Morgan fingerprint density at radius 2 is 1.82 bits per heavy atom. The van der Waals surface area contributed by atoms with Gasteiger partial charge in [0.25, 0.3) is 0 Å². The van der Waals surface area contributed by atoms with Crippen LogP contribution in [-0.4, -0.2) is 56.2 Å². The molecule has 2 aromatic heterocycles. The second kappa shape index (κ2) is 13.9. The van der Waals surface area contributed by atoms with Crippen molar-refractivity contribution in [2.75, 3.05) is 25.0 Å². The third-order valence-electron chi connectivity index (χ3n) is 10.5. The van der Waals surface area contributed by atoms with Crippen LogP contribution in [0.3, 0.4) is 0 Å². The van der Waals surface area contributed by atoms with Crippen molar-refractivity contribution in [1.82, 2.24) is 20.2 Å². The van der Waals surface area contributed by atoms with Crippen LogP contribution in [0.15, 0.2) is 96.8 Å². The number of nitrogens with one attached hydrogen (secondary N) is 2. The molecule has 2 fully saturated rings. The van der Waals surface area contributed by atoms with Crippen LogP contribution in [0, 0.1) is 16.7 Å². The fraction of sp³-hybridized carbons (Fsp3) is 0.286. The second-order valence-corrected chi connectivity index (χ2v) is 14.8. The van der Waals surface area contributed by atoms with Crippen LogP contribution in [0.5, 0.6) is 0 Å². The monoisotopic (exact) mass is 722 g/mol. The Labute approximate surface area is 302 Å². The first-order chi connectivity index (χ1) is 24.5. The number of allylic oxidation sites excluding steroid dienone is 1. The minimum atomic E-state index is 0.339. The Kier molecular flexibility index (Phi) is 9.07. The first-order valence-electron chi connectivity index (χ1n) is 17.6. The SMILES string of the molecule is C=CC1(CCNCc2cc(C#N)c3c(c2)N=C(c2cccc(-c4cccc(Nc5nccc6cc(CN7CCCC7)cnc56)c4)c2[Se])C3)CC1. The summed E-state index contributed by atoms with van der Waals surface area (Å²) in [6, 6.07) is 25.6. The van der Waals surface area contributed by atoms with Crippen molar-refractivity contribution < 1.29 is 0 Å². The number of likely N-dealkylation sites (tertiary alicyclic amines) is 1. The maximum Gasteiger partial charge on any atom is -0.0432 e. The van der Waals surface area contributed by atoms with Gasteiger partial charge in [-0.3, -0.25) is 4.90 Å². The maximum absolute atomic E-state index is 10.0. The Morgan fingerprint density at radius 1 is 0.980 bits per heavy atom. The van der Waals surface area contributed by atoms with Crippen LogP contribution in [0.1, 0.15) is 59.9 Å². The molecule has 3 aromatic carbocycles. The zero-order valence-electron chi connectivity index (χ0n) is 28.2. The Bertz CT molecular complexity index is 2170. The molecule has 3 aliphatic rings. The number of anilines is 2. The average molecular weight is 722 g/mol. The minimum Gasteiger partial charge on any atom is -0.0432 e. The van der Waals surface area contributed by atoms with E-state index in [1.54, 1.807) is 0 Å². The summed E-state index contributed by atoms with van der Waals surface area (Å²) in [5, 5.41) is 18.2. The second-order valence-electron chi connectivity index (χ2n) is 13.9. The molecule has 4 heterocycles. The van der Waals surface area contributed by atoms with Crippen molar-refractivity contribution in [2.24, 2.45) is 10.4 Å². The Hall–Kier alpha value is -4.64. The predicted molar refractivity (Wildman–Crippen MR) is 204 cm³/mol. The van der Waals surface area contributed by atoms with Gasteiger partial charge in [0.05, 0.1) is 0 Å². The zero-order chi connectivity index (χ0) is 34.1. The van der Waals surface area contributed by atoms with E-state index in [0.717, 1.165) is 105 Å². The molecule has 0 bridgehead atoms. The van der Waals surface area contributed by atoms with Crippen molar-refractivity contribution >= 4 is 54.3 Å². The van der Waals surface area contributed by atoms with E-state index in [0.29, 0.717) is 17.4 Å². The van der Waals surface area contributed by atoms with Crippen LogP contribution < -0.4 is 15.1 Å². The van der Waals surface area contributed by atoms with E-state index in [4.69, 9.17) is 9.98 Å². The smallest absolute Gasteiger partial charge is 0.0432 e. The molecule has 1 saturated heterocycles. The Morgan fingerprint density at radius 3 is 2.64 bits per heavy atom. The molecule has 0 amide bonds. The van der Waals surface area contributed by atoms with Gasteiger partial charge < -0.3 is 0 Å². The predicted octanol–water partition coefficient (Wildman–Crippen LogP) is 7.42. The number of fused-ring (bicyclic) bond motifs is 2. The number of hydrogen-bond donors (Lipinski definition) is 2. The molecular formula is C42H40N7Se. The molecule has 1 radical (unpaired) electrons. The molecule has 2 N–H and O–H groups in total. The molecule has 0 atom stereocenters. The van der Waals surface area contributed by atoms with Crippen LogP contribution >= 0.6 is 0 Å². The average Bonchev–Trinajstić information content (AvgIpc) is 3.49. The zero-order valence-corrected chi connectivity index (χ0v) is 29.9. The number of nitrogens with zero attached hydrogens (tertiary/aromatic N) is 5. The molecule has 0 unspecified atom stereocenters. The first kappa shape index (κ1) is 32.6. The van der Waals surface area contributed by atoms with Gasteiger partial charge in [0.1, 0.15) is 0 Å². The van der Waals surface area contributed by atoms with Crippen molar-refractivity contribution in [3.8, 4) is 17.2 Å². The third-order valence-corrected chi connectivity index (χ3v) is 11.4. The van der Waals surface area contributed by atoms with Gasteiger partial charge in [-0.2, -0.15) is 0 Å². The number of benzene rings is 3. The van der Waals surface area contributed by atoms with Crippen LogP contribution in [0.4, 0.5) is 17.2 Å². The fourth-order valence-corrected chi connectivity index (χ4v) is 8.15. The standard InChI is InChI=1S/C42H40N7Se/c1-2-42(12-13-42)14-16-44-25-28-19-32(24-43)36-23-38(48-37(36)21-28)35-10-6-9-34(40(35)50)30-7-5-8-33(22-30)47-41-39-31(11-15-45-41)20-29(26-46-39)27-49-17-3-4-18-49/h2,5-11,15,19-22,26,44H,1,3-4,12-14,16-18,23,25,27H2,(H,45,47). The molecular weight excluding hydrogens is 681 g/mol. The maximum atomic E-state index is 10.0. The van der Waals surface area contributed by atoms with E-state index < -0.39 is 0 Å². The third kappa shape index (κ3) is 6.75. The first-order valence-corrected chi connectivity index (χ1v) is 18.5. The normalized spacial score (nSPS) is 16.2. The number of hydrogen-bond acceptors (Lipinski definition) is 7. The minimum absolute atomic E-state index is 0.339. The molecule has 7 nitrogen and oxygen atoms in total. The van der Waals surface area contributed by atoms with Gasteiger partial charge >= 0.3 is 247 Å². The summed E-state index contributed by atoms with van der Waals surface area (Å²) in [4.78, 5) is 17.1. The number of nitriles is 1. The molecule has 0 spiro atoms. The van der Waals surface area contributed by atoms with E-state index in [1.165, 1.54) is 31.2 Å². The summed E-state index contributed by atoms with van der Waals surface area (Å²) in [6.07, 6.45) is 12.7. The summed E-state index contributed by atoms with van der Waals surface area (Å²) in [7, 11) is 0. The van der Waals surface area contributed by atoms with Gasteiger partial charge in [-0.25, -0.2) is 0 Å². The number of rotatable bonds is 12. The molecule has 5 aromatic rings. The summed E-state index contributed by atoms with van der Waals surface area (Å²) in [5.74, 6) is 0.744. The van der Waals surface area contributed by atoms with Crippen LogP contribution in [-0.2, 0) is 19.5 Å². The van der Waals surface area contributed by atoms with Gasteiger partial charge in [-0.05, 0) is 38.8 Å². The summed E-state index contributed by atoms with van der Waals surface area (Å²) < 4.78 is 1.04. The van der Waals surface area contributed by atoms with E-state index in [1.807, 2.05) is 24.5 Å². The van der Waals surface area contributed by atoms with E-state index in [-0.39, 0.29) is 0 Å². The number of pyridine rings is 2. The number of aromatic nitrogens is 2.